The molecule has 0 aliphatic carbocycles. The summed E-state index contributed by atoms with van der Waals surface area (Å²) in [5.74, 6) is 0.702. The van der Waals surface area contributed by atoms with Crippen LogP contribution in [0.2, 0.25) is 0 Å². The summed E-state index contributed by atoms with van der Waals surface area (Å²) in [5, 5.41) is 0. The zero-order chi connectivity index (χ0) is 15.0. The minimum absolute atomic E-state index is 0.0480. The van der Waals surface area contributed by atoms with Crippen LogP contribution in [-0.2, 0) is 0 Å². The smallest absolute Gasteiger partial charge is 0.188 e. The van der Waals surface area contributed by atoms with E-state index in [0.29, 0.717) is 17.9 Å². The summed E-state index contributed by atoms with van der Waals surface area (Å²) in [5.41, 5.74) is 2.87. The van der Waals surface area contributed by atoms with Crippen LogP contribution in [0, 0.1) is 6.92 Å². The first kappa shape index (κ1) is 14.8. The van der Waals surface area contributed by atoms with Gasteiger partial charge in [-0.05, 0) is 24.6 Å². The van der Waals surface area contributed by atoms with Gasteiger partial charge in [0, 0.05) is 0 Å². The molecule has 2 aromatic carbocycles. The van der Waals surface area contributed by atoms with Crippen molar-refractivity contribution in [3.05, 3.63) is 65.2 Å². The van der Waals surface area contributed by atoms with Gasteiger partial charge in [0.15, 0.2) is 5.78 Å². The van der Waals surface area contributed by atoms with E-state index in [1.807, 2.05) is 55.5 Å². The summed E-state index contributed by atoms with van der Waals surface area (Å²) in [6, 6.07) is 15.5. The van der Waals surface area contributed by atoms with Crippen molar-refractivity contribution in [1.29, 1.82) is 0 Å². The Labute approximate surface area is 140 Å². The molecule has 21 heavy (non-hydrogen) atoms. The molecular formula is C17H14Br2O2. The topological polar surface area (TPSA) is 26.3 Å². The molecule has 3 rings (SSSR count). The molecule has 0 unspecified atom stereocenters. The predicted molar refractivity (Wildman–Crippen MR) is 90.8 cm³/mol. The van der Waals surface area contributed by atoms with Crippen molar-refractivity contribution < 1.29 is 9.53 Å². The van der Waals surface area contributed by atoms with Crippen LogP contribution in [-0.4, -0.2) is 16.7 Å². The molecule has 0 amide bonds. The lowest BCUT2D eigenvalue weighted by Gasteiger charge is -2.35. The van der Waals surface area contributed by atoms with Crippen LogP contribution in [0.3, 0.4) is 0 Å². The van der Waals surface area contributed by atoms with E-state index in [1.54, 1.807) is 0 Å². The predicted octanol–water partition coefficient (Wildman–Crippen LogP) is 4.84. The van der Waals surface area contributed by atoms with Gasteiger partial charge in [-0.15, -0.1) is 0 Å². The van der Waals surface area contributed by atoms with Crippen LogP contribution >= 0.6 is 31.9 Å². The minimum atomic E-state index is -0.795. The lowest BCUT2D eigenvalue weighted by molar-refractivity contribution is 0.0873. The average Bonchev–Trinajstić information content (AvgIpc) is 2.51. The number of hydrogen-bond donors (Lipinski definition) is 0. The average molecular weight is 410 g/mol. The minimum Gasteiger partial charge on any atom is -0.491 e. The molecule has 0 saturated carbocycles. The maximum absolute atomic E-state index is 12.9. The molecule has 2 aromatic rings. The van der Waals surface area contributed by atoms with Crippen molar-refractivity contribution in [3.63, 3.8) is 0 Å². The SMILES string of the molecule is Cc1ccc([C@@H](Br)[C@]2(Br)COc3ccccc3C2=O)cc1. The molecule has 0 spiro atoms. The Morgan fingerprint density at radius 1 is 1.14 bits per heavy atom. The Bertz CT molecular complexity index is 681. The Kier molecular flexibility index (Phi) is 3.93. The van der Waals surface area contributed by atoms with Crippen LogP contribution in [0.5, 0.6) is 5.75 Å². The largest absolute Gasteiger partial charge is 0.491 e. The second-order valence-electron chi connectivity index (χ2n) is 5.25. The zero-order valence-corrected chi connectivity index (χ0v) is 14.6. The van der Waals surface area contributed by atoms with Crippen LogP contribution in [0.25, 0.3) is 0 Å². The van der Waals surface area contributed by atoms with Gasteiger partial charge in [0.05, 0.1) is 10.4 Å². The van der Waals surface area contributed by atoms with Gasteiger partial charge in [0.1, 0.15) is 16.7 Å². The molecular weight excluding hydrogens is 396 g/mol. The number of hydrogen-bond acceptors (Lipinski definition) is 2. The van der Waals surface area contributed by atoms with E-state index in [1.165, 1.54) is 5.56 Å². The lowest BCUT2D eigenvalue weighted by atomic mass is 9.89. The highest BCUT2D eigenvalue weighted by molar-refractivity contribution is 9.12. The van der Waals surface area contributed by atoms with Gasteiger partial charge in [-0.25, -0.2) is 0 Å². The first-order chi connectivity index (χ1) is 10.0. The Hall–Kier alpha value is -1.13. The van der Waals surface area contributed by atoms with E-state index < -0.39 is 4.32 Å². The summed E-state index contributed by atoms with van der Waals surface area (Å²) in [6.07, 6.45) is 0. The van der Waals surface area contributed by atoms with Gasteiger partial charge in [0.25, 0.3) is 0 Å². The van der Waals surface area contributed by atoms with Gasteiger partial charge in [-0.2, -0.15) is 0 Å². The molecule has 4 heteroatoms. The van der Waals surface area contributed by atoms with Crippen molar-refractivity contribution in [3.8, 4) is 5.75 Å². The number of para-hydroxylation sites is 1. The van der Waals surface area contributed by atoms with Gasteiger partial charge in [-0.3, -0.25) is 4.79 Å². The molecule has 108 valence electrons. The number of rotatable bonds is 2. The Morgan fingerprint density at radius 3 is 2.52 bits per heavy atom. The van der Waals surface area contributed by atoms with Crippen LogP contribution in [0.15, 0.2) is 48.5 Å². The summed E-state index contributed by atoms with van der Waals surface area (Å²) < 4.78 is 4.98. The fourth-order valence-electron chi connectivity index (χ4n) is 2.44. The van der Waals surface area contributed by atoms with E-state index in [4.69, 9.17) is 4.74 Å². The third-order valence-electron chi connectivity index (χ3n) is 3.72. The van der Waals surface area contributed by atoms with Crippen molar-refractivity contribution in [2.75, 3.05) is 6.61 Å². The molecule has 0 bridgehead atoms. The first-order valence-electron chi connectivity index (χ1n) is 6.68. The standard InChI is InChI=1S/C17H14Br2O2/c1-11-6-8-12(9-7-11)15(18)17(19)10-21-14-5-3-2-4-13(14)16(17)20/h2-9,15H,10H2,1H3/t15-,17-/m1/s1. The van der Waals surface area contributed by atoms with Gasteiger partial charge < -0.3 is 4.74 Å². The fraction of sp³-hybridized carbons (Fsp3) is 0.235. The van der Waals surface area contributed by atoms with Crippen molar-refractivity contribution in [2.45, 2.75) is 16.1 Å². The highest BCUT2D eigenvalue weighted by Crippen LogP contribution is 2.46. The quantitative estimate of drug-likeness (QED) is 0.663. The molecule has 1 heterocycles. The monoisotopic (exact) mass is 408 g/mol. The number of ether oxygens (including phenoxy) is 1. The molecule has 0 N–H and O–H groups in total. The number of Topliss-reactive ketones (excluding diaryl/α,β-unsaturated/α-hetero) is 1. The third-order valence-corrected chi connectivity index (χ3v) is 6.69. The van der Waals surface area contributed by atoms with E-state index in [-0.39, 0.29) is 10.6 Å². The van der Waals surface area contributed by atoms with Gasteiger partial charge in [0.2, 0.25) is 0 Å². The maximum atomic E-state index is 12.9. The second kappa shape index (κ2) is 5.58. The molecule has 0 aromatic heterocycles. The molecule has 1 aliphatic heterocycles. The molecule has 2 nitrogen and oxygen atoms in total. The summed E-state index contributed by atoms with van der Waals surface area (Å²) in [6.45, 7) is 2.34. The normalized spacial score (nSPS) is 22.3. The summed E-state index contributed by atoms with van der Waals surface area (Å²) in [4.78, 5) is 12.7. The highest BCUT2D eigenvalue weighted by Gasteiger charge is 2.47. The summed E-state index contributed by atoms with van der Waals surface area (Å²) >= 11 is 7.30. The molecule has 0 radical (unpaired) electrons. The number of aryl methyl sites for hydroxylation is 1. The number of halogens is 2. The Morgan fingerprint density at radius 2 is 1.81 bits per heavy atom. The summed E-state index contributed by atoms with van der Waals surface area (Å²) in [7, 11) is 0. The van der Waals surface area contributed by atoms with Gasteiger partial charge >= 0.3 is 0 Å². The third kappa shape index (κ3) is 2.55. The van der Waals surface area contributed by atoms with Crippen molar-refractivity contribution >= 4 is 37.6 Å². The van der Waals surface area contributed by atoms with Crippen molar-refractivity contribution in [2.24, 2.45) is 0 Å². The Balaban J connectivity index is 1.98. The molecule has 0 fully saturated rings. The molecule has 0 saturated heterocycles. The second-order valence-corrected chi connectivity index (χ2v) is 7.58. The number of fused-ring (bicyclic) bond motifs is 1. The molecule has 2 atom stereocenters. The lowest BCUT2D eigenvalue weighted by Crippen LogP contribution is -2.45. The van der Waals surface area contributed by atoms with E-state index in [2.05, 4.69) is 31.9 Å². The highest BCUT2D eigenvalue weighted by atomic mass is 79.9. The number of carbonyl (C=O) groups is 1. The van der Waals surface area contributed by atoms with Crippen LogP contribution in [0.1, 0.15) is 26.3 Å². The number of benzene rings is 2. The number of ketones is 1. The number of carbonyl (C=O) groups excluding carboxylic acids is 1. The van der Waals surface area contributed by atoms with Gasteiger partial charge in [-0.1, -0.05) is 73.8 Å². The first-order valence-corrected chi connectivity index (χ1v) is 8.39. The van der Waals surface area contributed by atoms with E-state index in [9.17, 15) is 4.79 Å². The van der Waals surface area contributed by atoms with E-state index >= 15 is 0 Å². The van der Waals surface area contributed by atoms with Crippen LogP contribution < -0.4 is 4.74 Å². The number of alkyl halides is 2. The van der Waals surface area contributed by atoms with Crippen molar-refractivity contribution in [1.82, 2.24) is 0 Å². The van der Waals surface area contributed by atoms with E-state index in [0.717, 1.165) is 5.56 Å². The zero-order valence-electron chi connectivity index (χ0n) is 11.5. The fourth-order valence-corrected chi connectivity index (χ4v) is 3.68. The maximum Gasteiger partial charge on any atom is 0.188 e. The van der Waals surface area contributed by atoms with Crippen LogP contribution in [0.4, 0.5) is 0 Å². The molecule has 1 aliphatic rings.